The van der Waals surface area contributed by atoms with E-state index in [1.807, 2.05) is 31.2 Å². The summed E-state index contributed by atoms with van der Waals surface area (Å²) >= 11 is 0. The van der Waals surface area contributed by atoms with Gasteiger partial charge in [0, 0.05) is 24.1 Å². The zero-order valence-corrected chi connectivity index (χ0v) is 17.3. The maximum atomic E-state index is 12.9. The largest absolute Gasteiger partial charge is 0.342 e. The van der Waals surface area contributed by atoms with Gasteiger partial charge in [0.2, 0.25) is 26.0 Å². The molecule has 152 valence electrons. The molecule has 11 heteroatoms. The fraction of sp³-hybridized carbons (Fsp3) is 0.353. The molecule has 1 aliphatic rings. The number of anilines is 1. The number of fused-ring (bicyclic) bond motifs is 1. The van der Waals surface area contributed by atoms with Gasteiger partial charge in [-0.05, 0) is 39.1 Å². The van der Waals surface area contributed by atoms with Crippen LogP contribution in [-0.4, -0.2) is 47.4 Å². The molecule has 0 radical (unpaired) electrons. The van der Waals surface area contributed by atoms with Crippen molar-refractivity contribution in [2.24, 2.45) is 0 Å². The second kappa shape index (κ2) is 7.32. The van der Waals surface area contributed by atoms with Crippen molar-refractivity contribution in [1.29, 1.82) is 0 Å². The third-order valence-corrected chi connectivity index (χ3v) is 7.73. The maximum absolute atomic E-state index is 12.9. The Morgan fingerprint density at radius 1 is 1.04 bits per heavy atom. The quantitative estimate of drug-likeness (QED) is 0.688. The van der Waals surface area contributed by atoms with E-state index in [4.69, 9.17) is 0 Å². The first-order valence-corrected chi connectivity index (χ1v) is 11.5. The van der Waals surface area contributed by atoms with Crippen LogP contribution in [0.3, 0.4) is 0 Å². The van der Waals surface area contributed by atoms with Crippen molar-refractivity contribution >= 4 is 31.6 Å². The first-order chi connectivity index (χ1) is 13.1. The Labute approximate surface area is 164 Å². The molecule has 2 aromatic rings. The minimum Gasteiger partial charge on any atom is -0.342 e. The Balaban J connectivity index is 1.98. The molecule has 2 heterocycles. The van der Waals surface area contributed by atoms with Crippen LogP contribution in [-0.2, 0) is 37.8 Å². The van der Waals surface area contributed by atoms with Gasteiger partial charge in [-0.2, -0.15) is 0 Å². The van der Waals surface area contributed by atoms with Crippen molar-refractivity contribution in [3.63, 3.8) is 0 Å². The highest BCUT2D eigenvalue weighted by Crippen LogP contribution is 2.32. The molecule has 1 atom stereocenters. The molecule has 0 fully saturated rings. The van der Waals surface area contributed by atoms with E-state index in [-0.39, 0.29) is 18.5 Å². The molecule has 1 aliphatic heterocycles. The van der Waals surface area contributed by atoms with Gasteiger partial charge < -0.3 is 9.47 Å². The van der Waals surface area contributed by atoms with Gasteiger partial charge in [-0.25, -0.2) is 26.3 Å². The van der Waals surface area contributed by atoms with E-state index < -0.39 is 29.8 Å². The van der Waals surface area contributed by atoms with Gasteiger partial charge >= 0.3 is 0 Å². The van der Waals surface area contributed by atoms with Crippen LogP contribution in [0, 0.1) is 0 Å². The number of aromatic nitrogens is 1. The fourth-order valence-electron chi connectivity index (χ4n) is 3.36. The van der Waals surface area contributed by atoms with E-state index in [0.29, 0.717) is 0 Å². The molecule has 1 aromatic heterocycles. The van der Waals surface area contributed by atoms with Crippen LogP contribution in [0.4, 0.5) is 5.69 Å². The Hall–Kier alpha value is -2.21. The minimum atomic E-state index is -4.03. The van der Waals surface area contributed by atoms with Crippen molar-refractivity contribution in [2.45, 2.75) is 35.7 Å². The summed E-state index contributed by atoms with van der Waals surface area (Å²) in [5.74, 6) is -0.255. The van der Waals surface area contributed by atoms with Crippen LogP contribution in [0.15, 0.2) is 46.5 Å². The van der Waals surface area contributed by atoms with Crippen molar-refractivity contribution < 1.29 is 21.6 Å². The van der Waals surface area contributed by atoms with Crippen LogP contribution < -0.4 is 14.3 Å². The van der Waals surface area contributed by atoms with Gasteiger partial charge in [-0.15, -0.1) is 0 Å². The number of carbonyl (C=O) groups is 1. The van der Waals surface area contributed by atoms with E-state index in [2.05, 4.69) is 9.44 Å². The summed E-state index contributed by atoms with van der Waals surface area (Å²) in [6.45, 7) is 1.74. The highest BCUT2D eigenvalue weighted by molar-refractivity contribution is 7.92. The van der Waals surface area contributed by atoms with Gasteiger partial charge in [0.25, 0.3) is 0 Å². The molecule has 1 aromatic carbocycles. The lowest BCUT2D eigenvalue weighted by Gasteiger charge is -2.23. The van der Waals surface area contributed by atoms with Gasteiger partial charge in [-0.1, -0.05) is 18.2 Å². The first-order valence-electron chi connectivity index (χ1n) is 8.57. The van der Waals surface area contributed by atoms with Gasteiger partial charge in [0.1, 0.15) is 16.3 Å². The van der Waals surface area contributed by atoms with Crippen LogP contribution in [0.1, 0.15) is 12.5 Å². The van der Waals surface area contributed by atoms with Gasteiger partial charge in [0.15, 0.2) is 0 Å². The summed E-state index contributed by atoms with van der Waals surface area (Å²) in [6.07, 6.45) is 3.04. The monoisotopic (exact) mass is 426 g/mol. The summed E-state index contributed by atoms with van der Waals surface area (Å²) in [7, 11) is -5.68. The minimum absolute atomic E-state index is 0.0403. The van der Waals surface area contributed by atoms with Crippen LogP contribution in [0.5, 0.6) is 0 Å². The smallest absolute Gasteiger partial charge is 0.247 e. The number of para-hydroxylation sites is 1. The SMILES string of the molecule is CNS(=O)(=O)c1cn(CC(=O)N2c3ccccc3C[C@@H]2C)cc1S(=O)(=O)NC. The maximum Gasteiger partial charge on any atom is 0.247 e. The zero-order chi connectivity index (χ0) is 20.7. The standard InChI is InChI=1S/C17H22N4O5S2/c1-12-8-13-6-4-5-7-14(13)21(12)17(22)11-20-9-15(27(23,24)18-2)16(10-20)28(25,26)19-3/h4-7,9-10,12,18-19H,8,11H2,1-3H3/t12-/m0/s1. The zero-order valence-electron chi connectivity index (χ0n) is 15.7. The predicted molar refractivity (Wildman–Crippen MR) is 104 cm³/mol. The topological polar surface area (TPSA) is 118 Å². The van der Waals surface area contributed by atoms with Crippen molar-refractivity contribution in [3.8, 4) is 0 Å². The van der Waals surface area contributed by atoms with Crippen molar-refractivity contribution in [2.75, 3.05) is 19.0 Å². The van der Waals surface area contributed by atoms with Gasteiger partial charge in [-0.3, -0.25) is 4.79 Å². The summed E-state index contributed by atoms with van der Waals surface area (Å²) < 4.78 is 54.5. The Bertz CT molecular complexity index is 1070. The molecule has 3 rings (SSSR count). The lowest BCUT2D eigenvalue weighted by atomic mass is 10.1. The van der Waals surface area contributed by atoms with Crippen LogP contribution in [0.25, 0.3) is 0 Å². The van der Waals surface area contributed by atoms with Crippen LogP contribution in [0.2, 0.25) is 0 Å². The van der Waals surface area contributed by atoms with E-state index in [0.717, 1.165) is 30.1 Å². The Morgan fingerprint density at radius 2 is 1.57 bits per heavy atom. The molecule has 0 saturated heterocycles. The third-order valence-electron chi connectivity index (χ3n) is 4.72. The molecule has 28 heavy (non-hydrogen) atoms. The molecular formula is C17H22N4O5S2. The highest BCUT2D eigenvalue weighted by Gasteiger charge is 2.32. The van der Waals surface area contributed by atoms with E-state index in [1.54, 1.807) is 4.90 Å². The average Bonchev–Trinajstić information content (AvgIpc) is 3.22. The second-order valence-electron chi connectivity index (χ2n) is 6.52. The van der Waals surface area contributed by atoms with E-state index in [9.17, 15) is 21.6 Å². The highest BCUT2D eigenvalue weighted by atomic mass is 32.2. The van der Waals surface area contributed by atoms with Gasteiger partial charge in [0.05, 0.1) is 0 Å². The molecule has 0 aliphatic carbocycles. The molecule has 0 bridgehead atoms. The molecule has 1 amide bonds. The molecule has 2 N–H and O–H groups in total. The van der Waals surface area contributed by atoms with Crippen molar-refractivity contribution in [1.82, 2.24) is 14.0 Å². The Morgan fingerprint density at radius 3 is 2.11 bits per heavy atom. The predicted octanol–water partition coefficient (Wildman–Crippen LogP) is 0.282. The number of sulfonamides is 2. The lowest BCUT2D eigenvalue weighted by molar-refractivity contribution is -0.119. The number of nitrogens with zero attached hydrogens (tertiary/aromatic N) is 2. The number of nitrogens with one attached hydrogen (secondary N) is 2. The summed E-state index contributed by atoms with van der Waals surface area (Å²) in [5.41, 5.74) is 1.88. The fourth-order valence-corrected chi connectivity index (χ4v) is 5.64. The first kappa shape index (κ1) is 20.5. The number of rotatable bonds is 6. The normalized spacial score (nSPS) is 17.0. The number of amides is 1. The van der Waals surface area contributed by atoms with E-state index >= 15 is 0 Å². The molecule has 0 unspecified atom stereocenters. The van der Waals surface area contributed by atoms with E-state index in [1.165, 1.54) is 18.7 Å². The number of hydrogen-bond donors (Lipinski definition) is 2. The summed E-state index contributed by atoms with van der Waals surface area (Å²) in [5, 5.41) is 0. The number of carbonyl (C=O) groups excluding carboxylic acids is 1. The lowest BCUT2D eigenvalue weighted by Crippen LogP contribution is -2.37. The van der Waals surface area contributed by atoms with Crippen molar-refractivity contribution in [3.05, 3.63) is 42.2 Å². The molecule has 9 nitrogen and oxygen atoms in total. The number of hydrogen-bond acceptors (Lipinski definition) is 5. The second-order valence-corrected chi connectivity index (χ2v) is 10.2. The molecule has 0 saturated carbocycles. The van der Waals surface area contributed by atoms with Crippen LogP contribution >= 0.6 is 0 Å². The molecule has 0 spiro atoms. The molecular weight excluding hydrogens is 404 g/mol. The summed E-state index contributed by atoms with van der Waals surface area (Å²) in [4.78, 5) is 13.8. The Kier molecular flexibility index (Phi) is 5.36. The number of benzene rings is 1. The summed E-state index contributed by atoms with van der Waals surface area (Å²) in [6, 6.07) is 7.54. The average molecular weight is 427 g/mol. The third kappa shape index (κ3) is 3.58.